The van der Waals surface area contributed by atoms with Crippen molar-refractivity contribution in [2.45, 2.75) is 23.3 Å². The molecule has 0 aliphatic carbocycles. The molecule has 1 N–H and O–H groups in total. The highest BCUT2D eigenvalue weighted by molar-refractivity contribution is 7.90. The van der Waals surface area contributed by atoms with Gasteiger partial charge in [-0.25, -0.2) is 26.0 Å². The zero-order valence-corrected chi connectivity index (χ0v) is 21.7. The van der Waals surface area contributed by atoms with Gasteiger partial charge in [0, 0.05) is 54.2 Å². The molecule has 1 aromatic heterocycles. The van der Waals surface area contributed by atoms with Gasteiger partial charge in [-0.3, -0.25) is 10.1 Å². The van der Waals surface area contributed by atoms with Gasteiger partial charge in [-0.2, -0.15) is 0 Å². The summed E-state index contributed by atoms with van der Waals surface area (Å²) in [6.45, 7) is 0.477. The molecule has 0 saturated carbocycles. The number of carbonyl (C=O) groups is 2. The average Bonchev–Trinajstić information content (AvgIpc) is 3.27. The summed E-state index contributed by atoms with van der Waals surface area (Å²) in [5.41, 5.74) is 0.775. The van der Waals surface area contributed by atoms with Gasteiger partial charge in [-0.1, -0.05) is 35.9 Å². The Morgan fingerprint density at radius 3 is 2.41 bits per heavy atom. The highest BCUT2D eigenvalue weighted by Crippen LogP contribution is 2.43. The van der Waals surface area contributed by atoms with Crippen molar-refractivity contribution >= 4 is 50.2 Å². The number of aromatic nitrogens is 1. The number of fused-ring (bicyclic) bond motifs is 3. The third-order valence-corrected chi connectivity index (χ3v) is 9.04. The molecule has 39 heavy (non-hydrogen) atoms. The predicted octanol–water partition coefficient (Wildman–Crippen LogP) is 5.50. The Kier molecular flexibility index (Phi) is 5.88. The maximum atomic E-state index is 13.9. The number of hydrogen-bond acceptors (Lipinski definition) is 5. The summed E-state index contributed by atoms with van der Waals surface area (Å²) in [5.74, 6) is -2.55. The van der Waals surface area contributed by atoms with E-state index in [-0.39, 0.29) is 29.2 Å². The van der Waals surface area contributed by atoms with Crippen LogP contribution in [0.25, 0.3) is 10.9 Å². The highest BCUT2D eigenvalue weighted by atomic mass is 35.5. The van der Waals surface area contributed by atoms with Gasteiger partial charge in [-0.05, 0) is 30.3 Å². The van der Waals surface area contributed by atoms with E-state index in [9.17, 15) is 26.8 Å². The monoisotopic (exact) mass is 571 g/mol. The Morgan fingerprint density at radius 1 is 1.00 bits per heavy atom. The van der Waals surface area contributed by atoms with E-state index in [4.69, 9.17) is 16.3 Å². The van der Waals surface area contributed by atoms with Crippen LogP contribution in [0.2, 0.25) is 5.02 Å². The number of nitrogens with zero attached hydrogens (tertiary/aromatic N) is 2. The molecule has 3 heterocycles. The van der Waals surface area contributed by atoms with Crippen LogP contribution in [0.3, 0.4) is 0 Å². The third-order valence-electron chi connectivity index (χ3n) is 7.16. The SMILES string of the molecule is O=C1Nc2ccccc2C2(CCN(C(=O)c3cn(S(=O)(=O)c4cc(F)cc(F)c4)c4cc(Cl)ccc34)CC2)O1. The number of ether oxygens (including phenoxy) is 1. The maximum Gasteiger partial charge on any atom is 0.412 e. The maximum absolute atomic E-state index is 13.9. The number of halogens is 3. The highest BCUT2D eigenvalue weighted by Gasteiger charge is 2.45. The molecule has 3 aromatic carbocycles. The number of piperidine rings is 1. The van der Waals surface area contributed by atoms with Crippen molar-refractivity contribution in [1.29, 1.82) is 0 Å². The van der Waals surface area contributed by atoms with Crippen molar-refractivity contribution in [2.75, 3.05) is 18.4 Å². The summed E-state index contributed by atoms with van der Waals surface area (Å²) < 4.78 is 61.1. The Balaban J connectivity index is 1.36. The molecule has 1 spiro atoms. The lowest BCUT2D eigenvalue weighted by molar-refractivity contribution is -0.0331. The fraction of sp³-hybridized carbons (Fsp3) is 0.185. The van der Waals surface area contributed by atoms with Crippen LogP contribution in [-0.4, -0.2) is 42.4 Å². The summed E-state index contributed by atoms with van der Waals surface area (Å²) in [4.78, 5) is 26.9. The van der Waals surface area contributed by atoms with Crippen molar-refractivity contribution in [3.63, 3.8) is 0 Å². The molecule has 1 fully saturated rings. The smallest absolute Gasteiger partial charge is 0.412 e. The first-order valence-corrected chi connectivity index (χ1v) is 13.8. The molecule has 8 nitrogen and oxygen atoms in total. The van der Waals surface area contributed by atoms with E-state index in [0.717, 1.165) is 15.7 Å². The molecule has 0 radical (unpaired) electrons. The van der Waals surface area contributed by atoms with Crippen molar-refractivity contribution in [3.05, 3.63) is 94.6 Å². The van der Waals surface area contributed by atoms with Gasteiger partial charge in [0.2, 0.25) is 0 Å². The lowest BCUT2D eigenvalue weighted by Crippen LogP contribution is -2.49. The quantitative estimate of drug-likeness (QED) is 0.350. The van der Waals surface area contributed by atoms with E-state index in [1.165, 1.54) is 18.2 Å². The number of nitrogens with one attached hydrogen (secondary N) is 1. The van der Waals surface area contributed by atoms with Crippen LogP contribution in [0, 0.1) is 11.6 Å². The van der Waals surface area contributed by atoms with Crippen LogP contribution >= 0.6 is 11.6 Å². The largest absolute Gasteiger partial charge is 0.438 e. The standard InChI is InChI=1S/C27H20ClF2N3O5S/c28-16-5-6-20-21(15-33(24(20)11-16)39(36,37)19-13-17(29)12-18(30)14-19)25(34)32-9-7-27(8-10-32)22-3-1-2-4-23(22)31-26(35)38-27/h1-6,11-15H,7-10H2,(H,31,35). The molecule has 4 aromatic rings. The zero-order chi connectivity index (χ0) is 27.5. The number of likely N-dealkylation sites (tertiary alicyclic amines) is 1. The Bertz CT molecular complexity index is 1760. The van der Waals surface area contributed by atoms with Crippen molar-refractivity contribution in [1.82, 2.24) is 8.87 Å². The Labute approximate surface area is 226 Å². The molecular weight excluding hydrogens is 552 g/mol. The first-order valence-electron chi connectivity index (χ1n) is 12.0. The minimum Gasteiger partial charge on any atom is -0.438 e. The third kappa shape index (κ3) is 4.22. The number of carbonyl (C=O) groups excluding carboxylic acids is 2. The molecule has 0 atom stereocenters. The summed E-state index contributed by atoms with van der Waals surface area (Å²) >= 11 is 6.14. The van der Waals surface area contributed by atoms with Gasteiger partial charge in [0.15, 0.2) is 0 Å². The van der Waals surface area contributed by atoms with Gasteiger partial charge in [-0.15, -0.1) is 0 Å². The van der Waals surface area contributed by atoms with E-state index in [0.29, 0.717) is 42.1 Å². The van der Waals surface area contributed by atoms with E-state index >= 15 is 0 Å². The second-order valence-corrected chi connectivity index (χ2v) is 11.7. The molecule has 2 aliphatic heterocycles. The van der Waals surface area contributed by atoms with E-state index in [2.05, 4.69) is 5.32 Å². The molecule has 2 aliphatic rings. The van der Waals surface area contributed by atoms with Gasteiger partial charge < -0.3 is 9.64 Å². The zero-order valence-electron chi connectivity index (χ0n) is 20.2. The van der Waals surface area contributed by atoms with Crippen molar-refractivity contribution < 1.29 is 31.5 Å². The number of hydrogen-bond donors (Lipinski definition) is 1. The molecule has 12 heteroatoms. The summed E-state index contributed by atoms with van der Waals surface area (Å²) in [6.07, 6.45) is 1.27. The van der Waals surface area contributed by atoms with E-state index in [1.807, 2.05) is 18.2 Å². The van der Waals surface area contributed by atoms with Gasteiger partial charge in [0.1, 0.15) is 17.2 Å². The van der Waals surface area contributed by atoms with Crippen LogP contribution in [0.4, 0.5) is 19.3 Å². The first kappa shape index (κ1) is 25.3. The second-order valence-electron chi connectivity index (χ2n) is 9.46. The van der Waals surface area contributed by atoms with Crippen LogP contribution in [0.5, 0.6) is 0 Å². The Morgan fingerprint density at radius 2 is 1.69 bits per heavy atom. The molecule has 0 unspecified atom stereocenters. The number of amides is 2. The van der Waals surface area contributed by atoms with Gasteiger partial charge in [0.05, 0.1) is 21.7 Å². The molecule has 200 valence electrons. The predicted molar refractivity (Wildman–Crippen MR) is 139 cm³/mol. The Hall–Kier alpha value is -3.96. The van der Waals surface area contributed by atoms with Gasteiger partial charge in [0.25, 0.3) is 15.9 Å². The summed E-state index contributed by atoms with van der Waals surface area (Å²) in [7, 11) is -4.49. The van der Waals surface area contributed by atoms with E-state index in [1.54, 1.807) is 11.0 Å². The minimum absolute atomic E-state index is 0.0840. The fourth-order valence-electron chi connectivity index (χ4n) is 5.30. The molecule has 1 saturated heterocycles. The summed E-state index contributed by atoms with van der Waals surface area (Å²) in [5, 5.41) is 3.22. The fourth-order valence-corrected chi connectivity index (χ4v) is 6.87. The summed E-state index contributed by atoms with van der Waals surface area (Å²) in [6, 6.07) is 13.7. The number of anilines is 1. The molecule has 0 bridgehead atoms. The van der Waals surface area contributed by atoms with Crippen LogP contribution in [-0.2, 0) is 20.4 Å². The van der Waals surface area contributed by atoms with Crippen LogP contribution in [0.1, 0.15) is 28.8 Å². The normalized spacial score (nSPS) is 16.6. The van der Waals surface area contributed by atoms with Crippen molar-refractivity contribution in [3.8, 4) is 0 Å². The number of para-hydroxylation sites is 1. The van der Waals surface area contributed by atoms with Crippen molar-refractivity contribution in [2.24, 2.45) is 0 Å². The second kappa shape index (κ2) is 9.06. The number of rotatable bonds is 3. The lowest BCUT2D eigenvalue weighted by atomic mass is 9.82. The minimum atomic E-state index is -4.49. The van der Waals surface area contributed by atoms with Gasteiger partial charge >= 0.3 is 6.09 Å². The van der Waals surface area contributed by atoms with Crippen LogP contribution in [0.15, 0.2) is 71.8 Å². The topological polar surface area (TPSA) is 97.7 Å². The lowest BCUT2D eigenvalue weighted by Gasteiger charge is -2.44. The molecule has 2 amide bonds. The molecular formula is C27H20ClF2N3O5S. The number of benzene rings is 3. The van der Waals surface area contributed by atoms with E-state index < -0.39 is 44.2 Å². The molecule has 6 rings (SSSR count). The van der Waals surface area contributed by atoms with Crippen LogP contribution < -0.4 is 5.32 Å². The first-order chi connectivity index (χ1) is 18.6. The average molecular weight is 572 g/mol.